The van der Waals surface area contributed by atoms with Gasteiger partial charge in [-0.15, -0.1) is 0 Å². The van der Waals surface area contributed by atoms with Crippen molar-refractivity contribution in [2.24, 2.45) is 7.05 Å². The predicted octanol–water partition coefficient (Wildman–Crippen LogP) is 1.14. The summed E-state index contributed by atoms with van der Waals surface area (Å²) in [6.45, 7) is 0. The van der Waals surface area contributed by atoms with E-state index in [2.05, 4.69) is 10.4 Å². The quantitative estimate of drug-likeness (QED) is 0.815. The molecule has 2 rings (SSSR count). The molecule has 2 heterocycles. The minimum absolute atomic E-state index is 0.185. The van der Waals surface area contributed by atoms with E-state index < -0.39 is 5.91 Å². The van der Waals surface area contributed by atoms with Crippen molar-refractivity contribution in [2.75, 3.05) is 5.32 Å². The van der Waals surface area contributed by atoms with Gasteiger partial charge in [-0.3, -0.25) is 9.48 Å². The Morgan fingerprint density at radius 3 is 3.12 bits per heavy atom. The van der Waals surface area contributed by atoms with Crippen molar-refractivity contribution in [3.05, 3.63) is 35.9 Å². The average molecular weight is 216 g/mol. The summed E-state index contributed by atoms with van der Waals surface area (Å²) >= 11 is 0. The van der Waals surface area contributed by atoms with Gasteiger partial charge in [0.25, 0.3) is 5.91 Å². The number of hydrogen-bond donors (Lipinski definition) is 1. The molecule has 2 aromatic rings. The number of nitriles is 1. The second-order valence-corrected chi connectivity index (χ2v) is 3.07. The largest absolute Gasteiger partial charge is 0.459 e. The Labute approximate surface area is 91.1 Å². The van der Waals surface area contributed by atoms with Crippen LogP contribution in [-0.4, -0.2) is 15.7 Å². The highest BCUT2D eigenvalue weighted by molar-refractivity contribution is 6.02. The van der Waals surface area contributed by atoms with Gasteiger partial charge in [0.1, 0.15) is 17.5 Å². The molecule has 6 nitrogen and oxygen atoms in total. The summed E-state index contributed by atoms with van der Waals surface area (Å²) in [5, 5.41) is 15.2. The minimum Gasteiger partial charge on any atom is -0.459 e. The fourth-order valence-electron chi connectivity index (χ4n) is 1.24. The lowest BCUT2D eigenvalue weighted by atomic mass is 10.3. The van der Waals surface area contributed by atoms with Crippen molar-refractivity contribution in [3.63, 3.8) is 0 Å². The second-order valence-electron chi connectivity index (χ2n) is 3.07. The molecule has 0 atom stereocenters. The highest BCUT2D eigenvalue weighted by Gasteiger charge is 2.14. The Bertz CT molecular complexity index is 548. The van der Waals surface area contributed by atoms with E-state index in [1.807, 2.05) is 6.07 Å². The van der Waals surface area contributed by atoms with Gasteiger partial charge >= 0.3 is 0 Å². The van der Waals surface area contributed by atoms with Crippen molar-refractivity contribution in [2.45, 2.75) is 0 Å². The van der Waals surface area contributed by atoms with Crippen LogP contribution in [0.1, 0.15) is 16.1 Å². The Balaban J connectivity index is 2.25. The van der Waals surface area contributed by atoms with Crippen LogP contribution in [0.3, 0.4) is 0 Å². The summed E-state index contributed by atoms with van der Waals surface area (Å²) in [6, 6.07) is 5.09. The molecular formula is C10H8N4O2. The number of amides is 1. The Morgan fingerprint density at radius 1 is 1.69 bits per heavy atom. The highest BCUT2D eigenvalue weighted by atomic mass is 16.3. The standard InChI is InChI=1S/C10H8N4O2/c1-14-9(7(5-11)6-12-14)13-10(15)8-3-2-4-16-8/h2-4,6H,1H3,(H,13,15). The molecule has 0 radical (unpaired) electrons. The van der Waals surface area contributed by atoms with Gasteiger partial charge in [0.2, 0.25) is 0 Å². The summed E-state index contributed by atoms with van der Waals surface area (Å²) in [4.78, 5) is 11.6. The Hall–Kier alpha value is -2.55. The number of carbonyl (C=O) groups excluding carboxylic acids is 1. The third kappa shape index (κ3) is 1.66. The molecule has 0 aliphatic carbocycles. The molecule has 6 heteroatoms. The van der Waals surface area contributed by atoms with E-state index >= 15 is 0 Å². The zero-order valence-corrected chi connectivity index (χ0v) is 8.47. The third-order valence-corrected chi connectivity index (χ3v) is 2.04. The van der Waals surface area contributed by atoms with Gasteiger partial charge < -0.3 is 9.73 Å². The smallest absolute Gasteiger partial charge is 0.292 e. The van der Waals surface area contributed by atoms with E-state index in [4.69, 9.17) is 9.68 Å². The van der Waals surface area contributed by atoms with Gasteiger partial charge in [-0.1, -0.05) is 0 Å². The Kier molecular flexibility index (Phi) is 2.44. The van der Waals surface area contributed by atoms with Crippen LogP contribution in [0.25, 0.3) is 0 Å². The molecule has 0 unspecified atom stereocenters. The van der Waals surface area contributed by atoms with Crippen LogP contribution in [0.5, 0.6) is 0 Å². The molecule has 16 heavy (non-hydrogen) atoms. The van der Waals surface area contributed by atoms with Crippen LogP contribution < -0.4 is 5.32 Å². The molecule has 1 N–H and O–H groups in total. The van der Waals surface area contributed by atoms with Gasteiger partial charge in [0.05, 0.1) is 12.5 Å². The molecule has 1 amide bonds. The number of nitrogens with one attached hydrogen (secondary N) is 1. The van der Waals surface area contributed by atoms with E-state index in [0.717, 1.165) is 0 Å². The van der Waals surface area contributed by atoms with Crippen molar-refractivity contribution < 1.29 is 9.21 Å². The Morgan fingerprint density at radius 2 is 2.50 bits per heavy atom. The number of furan rings is 1. The van der Waals surface area contributed by atoms with Crippen LogP contribution >= 0.6 is 0 Å². The lowest BCUT2D eigenvalue weighted by molar-refractivity contribution is 0.0995. The number of aryl methyl sites for hydroxylation is 1. The zero-order valence-electron chi connectivity index (χ0n) is 8.47. The lowest BCUT2D eigenvalue weighted by Gasteiger charge is -2.03. The molecule has 0 saturated heterocycles. The molecule has 0 aromatic carbocycles. The minimum atomic E-state index is -0.412. The molecule has 0 bridgehead atoms. The first kappa shape index (κ1) is 9.98. The normalized spacial score (nSPS) is 9.75. The predicted molar refractivity (Wildman–Crippen MR) is 54.6 cm³/mol. The third-order valence-electron chi connectivity index (χ3n) is 2.04. The van der Waals surface area contributed by atoms with E-state index in [1.54, 1.807) is 13.1 Å². The number of carbonyl (C=O) groups is 1. The SMILES string of the molecule is Cn1ncc(C#N)c1NC(=O)c1ccco1. The summed E-state index contributed by atoms with van der Waals surface area (Å²) in [7, 11) is 1.64. The second kappa shape index (κ2) is 3.90. The molecule has 80 valence electrons. The van der Waals surface area contributed by atoms with Crippen LogP contribution in [0, 0.1) is 11.3 Å². The molecule has 0 aliphatic heterocycles. The number of nitrogens with zero attached hydrogens (tertiary/aromatic N) is 3. The number of rotatable bonds is 2. The first-order valence-corrected chi connectivity index (χ1v) is 4.49. The van der Waals surface area contributed by atoms with Crippen LogP contribution in [0.15, 0.2) is 29.0 Å². The number of aromatic nitrogens is 2. The number of anilines is 1. The van der Waals surface area contributed by atoms with E-state index in [9.17, 15) is 4.79 Å². The molecular weight excluding hydrogens is 208 g/mol. The molecule has 0 spiro atoms. The maximum absolute atomic E-state index is 11.6. The van der Waals surface area contributed by atoms with Gasteiger partial charge in [-0.2, -0.15) is 10.4 Å². The monoisotopic (exact) mass is 216 g/mol. The van der Waals surface area contributed by atoms with Gasteiger partial charge in [-0.25, -0.2) is 0 Å². The van der Waals surface area contributed by atoms with Gasteiger partial charge in [0, 0.05) is 7.05 Å². The van der Waals surface area contributed by atoms with Crippen molar-refractivity contribution in [1.29, 1.82) is 5.26 Å². The first-order chi connectivity index (χ1) is 7.72. The fourth-order valence-corrected chi connectivity index (χ4v) is 1.24. The highest BCUT2D eigenvalue weighted by Crippen LogP contribution is 2.14. The van der Waals surface area contributed by atoms with E-state index in [0.29, 0.717) is 11.4 Å². The molecule has 0 aliphatic rings. The van der Waals surface area contributed by atoms with Gasteiger partial charge in [-0.05, 0) is 12.1 Å². The molecule has 0 fully saturated rings. The topological polar surface area (TPSA) is 83.9 Å². The van der Waals surface area contributed by atoms with Crippen molar-refractivity contribution in [3.8, 4) is 6.07 Å². The maximum atomic E-state index is 11.6. The van der Waals surface area contributed by atoms with E-state index in [-0.39, 0.29) is 5.76 Å². The van der Waals surface area contributed by atoms with Crippen LogP contribution in [0.2, 0.25) is 0 Å². The summed E-state index contributed by atoms with van der Waals surface area (Å²) in [5.74, 6) is 0.124. The summed E-state index contributed by atoms with van der Waals surface area (Å²) < 4.78 is 6.35. The maximum Gasteiger partial charge on any atom is 0.292 e. The summed E-state index contributed by atoms with van der Waals surface area (Å²) in [6.07, 6.45) is 2.79. The number of hydrogen-bond acceptors (Lipinski definition) is 4. The van der Waals surface area contributed by atoms with Crippen LogP contribution in [0.4, 0.5) is 5.82 Å². The van der Waals surface area contributed by atoms with Crippen LogP contribution in [-0.2, 0) is 7.05 Å². The molecule has 2 aromatic heterocycles. The van der Waals surface area contributed by atoms with Crippen molar-refractivity contribution >= 4 is 11.7 Å². The average Bonchev–Trinajstić information content (AvgIpc) is 2.89. The van der Waals surface area contributed by atoms with Crippen molar-refractivity contribution in [1.82, 2.24) is 9.78 Å². The summed E-state index contributed by atoms with van der Waals surface area (Å²) in [5.41, 5.74) is 0.308. The van der Waals surface area contributed by atoms with E-state index in [1.165, 1.54) is 23.2 Å². The lowest BCUT2D eigenvalue weighted by Crippen LogP contribution is -2.14. The fraction of sp³-hybridized carbons (Fsp3) is 0.100. The molecule has 0 saturated carbocycles. The zero-order chi connectivity index (χ0) is 11.5. The van der Waals surface area contributed by atoms with Gasteiger partial charge in [0.15, 0.2) is 5.76 Å². The first-order valence-electron chi connectivity index (χ1n) is 4.49.